The minimum Gasteiger partial charge on any atom is -0.484 e. The van der Waals surface area contributed by atoms with Crippen molar-refractivity contribution in [3.63, 3.8) is 0 Å². The van der Waals surface area contributed by atoms with Gasteiger partial charge in [-0.3, -0.25) is 9.69 Å². The number of anilines is 2. The van der Waals surface area contributed by atoms with E-state index in [0.717, 1.165) is 44.0 Å². The Labute approximate surface area is 212 Å². The molecule has 1 fully saturated rings. The van der Waals surface area contributed by atoms with E-state index in [2.05, 4.69) is 39.4 Å². The molecule has 1 aliphatic rings. The van der Waals surface area contributed by atoms with Crippen molar-refractivity contribution in [1.82, 2.24) is 4.90 Å². The lowest BCUT2D eigenvalue weighted by atomic mass is 10.1. The van der Waals surface area contributed by atoms with E-state index in [9.17, 15) is 9.59 Å². The third-order valence-electron chi connectivity index (χ3n) is 6.13. The topological polar surface area (TPSA) is 71.1 Å². The van der Waals surface area contributed by atoms with E-state index >= 15 is 0 Å². The van der Waals surface area contributed by atoms with Crippen molar-refractivity contribution in [1.29, 1.82) is 0 Å². The molecule has 1 N–H and O–H groups in total. The van der Waals surface area contributed by atoms with E-state index in [1.807, 2.05) is 43.3 Å². The smallest absolute Gasteiger partial charge is 0.338 e. The number of piperazine rings is 1. The van der Waals surface area contributed by atoms with Gasteiger partial charge in [0.2, 0.25) is 0 Å². The summed E-state index contributed by atoms with van der Waals surface area (Å²) in [6.45, 7) is 8.27. The Hall–Kier alpha value is -3.84. The molecule has 0 aromatic heterocycles. The lowest BCUT2D eigenvalue weighted by Crippen LogP contribution is -2.46. The van der Waals surface area contributed by atoms with Crippen LogP contribution < -0.4 is 15.0 Å². The van der Waals surface area contributed by atoms with Crippen LogP contribution >= 0.6 is 0 Å². The summed E-state index contributed by atoms with van der Waals surface area (Å²) in [5, 5.41) is 2.95. The van der Waals surface area contributed by atoms with Gasteiger partial charge in [0.1, 0.15) is 5.75 Å². The number of nitrogens with zero attached hydrogens (tertiary/aromatic N) is 2. The molecular weight excluding hydrogens is 454 g/mol. The summed E-state index contributed by atoms with van der Waals surface area (Å²) in [4.78, 5) is 29.8. The molecule has 0 spiro atoms. The van der Waals surface area contributed by atoms with Crippen molar-refractivity contribution < 1.29 is 19.1 Å². The zero-order chi connectivity index (χ0) is 25.3. The Morgan fingerprint density at radius 3 is 2.33 bits per heavy atom. The summed E-state index contributed by atoms with van der Waals surface area (Å²) in [5.74, 6) is -0.0746. The standard InChI is InChI=1S/C29H33N3O4/c1-3-35-29(34)24-11-14-27(32-17-15-31(16-18-32)20-23-7-5-4-6-8-23)26(19-24)30-28(33)21-36-25-12-9-22(2)10-13-25/h4-14,19H,3,15-18,20-21H2,1-2H3,(H,30,33). The van der Waals surface area contributed by atoms with Gasteiger partial charge in [0.15, 0.2) is 6.61 Å². The number of benzene rings is 3. The molecule has 0 radical (unpaired) electrons. The lowest BCUT2D eigenvalue weighted by Gasteiger charge is -2.37. The predicted octanol–water partition coefficient (Wildman–Crippen LogP) is 4.51. The second kappa shape index (κ2) is 12.2. The predicted molar refractivity (Wildman–Crippen MR) is 142 cm³/mol. The number of hydrogen-bond donors (Lipinski definition) is 1. The van der Waals surface area contributed by atoms with E-state index < -0.39 is 5.97 Å². The Morgan fingerprint density at radius 2 is 1.64 bits per heavy atom. The summed E-state index contributed by atoms with van der Waals surface area (Å²) in [7, 11) is 0. The zero-order valence-corrected chi connectivity index (χ0v) is 20.9. The van der Waals surface area contributed by atoms with E-state index in [1.165, 1.54) is 5.56 Å². The number of carbonyl (C=O) groups excluding carboxylic acids is 2. The third kappa shape index (κ3) is 6.86. The molecule has 0 aliphatic carbocycles. The summed E-state index contributed by atoms with van der Waals surface area (Å²) < 4.78 is 10.8. The first-order valence-electron chi connectivity index (χ1n) is 12.3. The van der Waals surface area contributed by atoms with E-state index in [-0.39, 0.29) is 19.1 Å². The number of carbonyl (C=O) groups is 2. The van der Waals surface area contributed by atoms with Crippen LogP contribution in [-0.2, 0) is 16.1 Å². The minimum absolute atomic E-state index is 0.128. The molecule has 1 saturated heterocycles. The molecule has 1 amide bonds. The maximum Gasteiger partial charge on any atom is 0.338 e. The lowest BCUT2D eigenvalue weighted by molar-refractivity contribution is -0.118. The number of nitrogens with one attached hydrogen (secondary N) is 1. The van der Waals surface area contributed by atoms with Gasteiger partial charge in [0.25, 0.3) is 5.91 Å². The molecule has 1 heterocycles. The van der Waals surface area contributed by atoms with Crippen LogP contribution in [0.15, 0.2) is 72.8 Å². The second-order valence-electron chi connectivity index (χ2n) is 8.85. The fourth-order valence-electron chi connectivity index (χ4n) is 4.21. The van der Waals surface area contributed by atoms with E-state index in [4.69, 9.17) is 9.47 Å². The third-order valence-corrected chi connectivity index (χ3v) is 6.13. The van der Waals surface area contributed by atoms with Crippen LogP contribution in [0, 0.1) is 6.92 Å². The largest absolute Gasteiger partial charge is 0.484 e. The molecule has 0 bridgehead atoms. The maximum absolute atomic E-state index is 12.8. The number of aryl methyl sites for hydroxylation is 1. The van der Waals surface area contributed by atoms with Crippen LogP contribution in [0.4, 0.5) is 11.4 Å². The number of rotatable bonds is 9. The molecule has 0 unspecified atom stereocenters. The summed E-state index contributed by atoms with van der Waals surface area (Å²) in [6.07, 6.45) is 0. The first kappa shape index (κ1) is 25.3. The van der Waals surface area contributed by atoms with Gasteiger partial charge in [-0.05, 0) is 49.7 Å². The number of esters is 1. The second-order valence-corrected chi connectivity index (χ2v) is 8.85. The molecule has 188 valence electrons. The van der Waals surface area contributed by atoms with Crippen LogP contribution in [-0.4, -0.2) is 56.2 Å². The van der Waals surface area contributed by atoms with Crippen molar-refractivity contribution in [2.45, 2.75) is 20.4 Å². The monoisotopic (exact) mass is 487 g/mol. The number of amides is 1. The summed E-state index contributed by atoms with van der Waals surface area (Å²) >= 11 is 0. The molecule has 0 saturated carbocycles. The molecule has 36 heavy (non-hydrogen) atoms. The Balaban J connectivity index is 1.44. The van der Waals surface area contributed by atoms with Crippen molar-refractivity contribution in [3.05, 3.63) is 89.5 Å². The van der Waals surface area contributed by atoms with Gasteiger partial charge in [-0.2, -0.15) is 0 Å². The first-order valence-corrected chi connectivity index (χ1v) is 12.3. The SMILES string of the molecule is CCOC(=O)c1ccc(N2CCN(Cc3ccccc3)CC2)c(NC(=O)COc2ccc(C)cc2)c1. The average Bonchev–Trinajstić information content (AvgIpc) is 2.90. The molecule has 7 heteroatoms. The molecule has 7 nitrogen and oxygen atoms in total. The Kier molecular flexibility index (Phi) is 8.57. The highest BCUT2D eigenvalue weighted by Crippen LogP contribution is 2.29. The highest BCUT2D eigenvalue weighted by molar-refractivity contribution is 5.98. The van der Waals surface area contributed by atoms with Crippen molar-refractivity contribution >= 4 is 23.3 Å². The normalized spacial score (nSPS) is 13.8. The zero-order valence-electron chi connectivity index (χ0n) is 20.9. The molecule has 0 atom stereocenters. The van der Waals surface area contributed by atoms with Gasteiger partial charge in [0, 0.05) is 32.7 Å². The molecule has 4 rings (SSSR count). The van der Waals surface area contributed by atoms with Crippen molar-refractivity contribution in [3.8, 4) is 5.75 Å². The van der Waals surface area contributed by atoms with Crippen LogP contribution in [0.1, 0.15) is 28.4 Å². The van der Waals surface area contributed by atoms with Gasteiger partial charge in [-0.25, -0.2) is 4.79 Å². The van der Waals surface area contributed by atoms with Crippen LogP contribution in [0.2, 0.25) is 0 Å². The molecule has 1 aliphatic heterocycles. The van der Waals surface area contributed by atoms with Crippen LogP contribution in [0.3, 0.4) is 0 Å². The van der Waals surface area contributed by atoms with Gasteiger partial charge in [-0.15, -0.1) is 0 Å². The highest BCUT2D eigenvalue weighted by Gasteiger charge is 2.22. The van der Waals surface area contributed by atoms with Gasteiger partial charge in [0.05, 0.1) is 23.5 Å². The number of ether oxygens (including phenoxy) is 2. The summed E-state index contributed by atoms with van der Waals surface area (Å²) in [5.41, 5.74) is 4.28. The van der Waals surface area contributed by atoms with E-state index in [0.29, 0.717) is 17.0 Å². The minimum atomic E-state index is -0.414. The van der Waals surface area contributed by atoms with Crippen LogP contribution in [0.5, 0.6) is 5.75 Å². The fraction of sp³-hybridized carbons (Fsp3) is 0.310. The quantitative estimate of drug-likeness (QED) is 0.448. The summed E-state index contributed by atoms with van der Waals surface area (Å²) in [6, 6.07) is 23.3. The molecular formula is C29H33N3O4. The molecule has 3 aromatic rings. The average molecular weight is 488 g/mol. The Bertz CT molecular complexity index is 1160. The number of hydrogen-bond acceptors (Lipinski definition) is 6. The maximum atomic E-state index is 12.8. The fourth-order valence-corrected chi connectivity index (χ4v) is 4.21. The van der Waals surface area contributed by atoms with Gasteiger partial charge in [-0.1, -0.05) is 48.0 Å². The van der Waals surface area contributed by atoms with Crippen LogP contribution in [0.25, 0.3) is 0 Å². The molecule has 3 aromatic carbocycles. The highest BCUT2D eigenvalue weighted by atomic mass is 16.5. The van der Waals surface area contributed by atoms with Gasteiger partial charge >= 0.3 is 5.97 Å². The van der Waals surface area contributed by atoms with Crippen molar-refractivity contribution in [2.75, 3.05) is 49.6 Å². The van der Waals surface area contributed by atoms with Crippen molar-refractivity contribution in [2.24, 2.45) is 0 Å². The van der Waals surface area contributed by atoms with E-state index in [1.54, 1.807) is 19.1 Å². The Morgan fingerprint density at radius 1 is 0.917 bits per heavy atom. The van der Waals surface area contributed by atoms with Gasteiger partial charge < -0.3 is 19.7 Å². The first-order chi connectivity index (χ1) is 17.5.